The van der Waals surface area contributed by atoms with Crippen molar-refractivity contribution < 1.29 is 4.74 Å². The summed E-state index contributed by atoms with van der Waals surface area (Å²) in [7, 11) is -2.61. The average molecular weight is 426 g/mol. The molecule has 0 saturated heterocycles. The summed E-state index contributed by atoms with van der Waals surface area (Å²) in [5.41, 5.74) is 9.90. The van der Waals surface area contributed by atoms with Crippen molar-refractivity contribution in [3.8, 4) is 5.75 Å². The Hall–Kier alpha value is -2.93. The number of ether oxygens (including phenoxy) is 1. The Labute approximate surface area is 185 Å². The van der Waals surface area contributed by atoms with Crippen LogP contribution in [-0.2, 0) is 6.42 Å². The van der Waals surface area contributed by atoms with Crippen LogP contribution in [0.4, 0.5) is 0 Å². The number of nitrogens with two attached hydrogens (primary N) is 1. The van der Waals surface area contributed by atoms with Gasteiger partial charge in [0.2, 0.25) is 0 Å². The van der Waals surface area contributed by atoms with Gasteiger partial charge in [-0.3, -0.25) is 0 Å². The van der Waals surface area contributed by atoms with E-state index < -0.39 is 7.26 Å². The molecule has 0 saturated carbocycles. The van der Waals surface area contributed by atoms with E-state index >= 15 is 0 Å². The molecule has 156 valence electrons. The van der Waals surface area contributed by atoms with Crippen LogP contribution in [0.2, 0.25) is 0 Å². The fourth-order valence-electron chi connectivity index (χ4n) is 5.08. The first-order chi connectivity index (χ1) is 15.3. The second kappa shape index (κ2) is 8.67. The Morgan fingerprint density at radius 3 is 1.68 bits per heavy atom. The zero-order valence-corrected chi connectivity index (χ0v) is 18.6. The van der Waals surface area contributed by atoms with Crippen LogP contribution >= 0.6 is 7.26 Å². The summed E-state index contributed by atoms with van der Waals surface area (Å²) in [6, 6.07) is 39.1. The van der Waals surface area contributed by atoms with Gasteiger partial charge < -0.3 is 0 Å². The third-order valence-corrected chi connectivity index (χ3v) is 11.5. The predicted octanol–water partition coefficient (Wildman–Crippen LogP) is 4.70. The number of rotatable bonds is 5. The third-order valence-electron chi connectivity index (χ3n) is 6.49. The molecule has 5 rings (SSSR count). The Morgan fingerprint density at radius 2 is 1.16 bits per heavy atom. The quantitative estimate of drug-likeness (QED) is 0.471. The van der Waals surface area contributed by atoms with Crippen molar-refractivity contribution in [2.24, 2.45) is 5.73 Å². The maximum absolute atomic E-state index is 7.40. The van der Waals surface area contributed by atoms with Gasteiger partial charge in [0.05, 0.1) is 0 Å². The van der Waals surface area contributed by atoms with E-state index in [0.717, 1.165) is 25.2 Å². The molecule has 0 bridgehead atoms. The van der Waals surface area contributed by atoms with E-state index in [1.165, 1.54) is 27.0 Å². The minimum atomic E-state index is -2.61. The molecule has 0 spiro atoms. The number of hydrogen-bond donors (Lipinski definition) is 1. The molecule has 1 unspecified atom stereocenters. The Morgan fingerprint density at radius 1 is 0.645 bits per heavy atom. The van der Waals surface area contributed by atoms with Crippen LogP contribution in [0.25, 0.3) is 0 Å². The van der Waals surface area contributed by atoms with Gasteiger partial charge >= 0.3 is 185 Å². The molecule has 1 aliphatic heterocycles. The van der Waals surface area contributed by atoms with Gasteiger partial charge in [-0.2, -0.15) is 0 Å². The SMILES string of the molecule is NC(c1cccc2c1CCCO2)[PH](c1ccccc1)(c1ccccc1)c1ccccc1. The molecule has 0 amide bonds. The topological polar surface area (TPSA) is 35.2 Å². The minimum absolute atomic E-state index is 0.142. The molecule has 2 nitrogen and oxygen atoms in total. The van der Waals surface area contributed by atoms with E-state index in [9.17, 15) is 0 Å². The van der Waals surface area contributed by atoms with Crippen molar-refractivity contribution in [1.82, 2.24) is 0 Å². The fourth-order valence-corrected chi connectivity index (χ4v) is 10.1. The van der Waals surface area contributed by atoms with Gasteiger partial charge in [0.15, 0.2) is 0 Å². The summed E-state index contributed by atoms with van der Waals surface area (Å²) < 4.78 is 6.00. The van der Waals surface area contributed by atoms with Crippen molar-refractivity contribution in [1.29, 1.82) is 0 Å². The molecule has 0 fully saturated rings. The van der Waals surface area contributed by atoms with E-state index in [1.54, 1.807) is 0 Å². The predicted molar refractivity (Wildman–Crippen MR) is 134 cm³/mol. The summed E-state index contributed by atoms with van der Waals surface area (Å²) in [5, 5.41) is 3.98. The van der Waals surface area contributed by atoms with Gasteiger partial charge in [-0.05, 0) is 0 Å². The van der Waals surface area contributed by atoms with Gasteiger partial charge in [0, 0.05) is 0 Å². The standard InChI is InChI=1S/C28H28NOP/c29-28(26-18-10-20-27-25(26)19-11-21-30-27)31(22-12-4-1-5-13-22,23-14-6-2-7-15-23)24-16-8-3-9-17-24/h1-10,12-18,20,28,31H,11,19,21,29H2. The molecule has 4 aromatic carbocycles. The second-order valence-corrected chi connectivity index (χ2v) is 12.1. The first-order valence-electron chi connectivity index (χ1n) is 11.0. The monoisotopic (exact) mass is 425 g/mol. The normalized spacial score (nSPS) is 14.9. The molecular formula is C28H28NOP. The van der Waals surface area contributed by atoms with Gasteiger partial charge in [-0.1, -0.05) is 0 Å². The van der Waals surface area contributed by atoms with Gasteiger partial charge in [0.25, 0.3) is 0 Å². The van der Waals surface area contributed by atoms with E-state index in [0.29, 0.717) is 0 Å². The van der Waals surface area contributed by atoms with Crippen LogP contribution in [0.15, 0.2) is 109 Å². The molecule has 31 heavy (non-hydrogen) atoms. The van der Waals surface area contributed by atoms with Crippen molar-refractivity contribution in [3.63, 3.8) is 0 Å². The molecule has 1 heterocycles. The zero-order valence-electron chi connectivity index (χ0n) is 17.6. The van der Waals surface area contributed by atoms with Crippen molar-refractivity contribution in [2.75, 3.05) is 6.61 Å². The van der Waals surface area contributed by atoms with Crippen LogP contribution in [0.3, 0.4) is 0 Å². The number of hydrogen-bond acceptors (Lipinski definition) is 2. The van der Waals surface area contributed by atoms with Crippen molar-refractivity contribution >= 4 is 23.2 Å². The molecule has 1 atom stereocenters. The van der Waals surface area contributed by atoms with Crippen molar-refractivity contribution in [2.45, 2.75) is 18.6 Å². The number of fused-ring (bicyclic) bond motifs is 1. The van der Waals surface area contributed by atoms with Crippen LogP contribution in [0.5, 0.6) is 5.75 Å². The molecule has 0 aromatic heterocycles. The van der Waals surface area contributed by atoms with E-state index in [-0.39, 0.29) is 5.78 Å². The third kappa shape index (κ3) is 3.47. The molecule has 3 heteroatoms. The average Bonchev–Trinajstić information content (AvgIpc) is 2.86. The molecule has 0 aliphatic carbocycles. The molecule has 0 radical (unpaired) electrons. The van der Waals surface area contributed by atoms with E-state index in [1.807, 2.05) is 0 Å². The Bertz CT molecular complexity index is 1050. The summed E-state index contributed by atoms with van der Waals surface area (Å²) in [6.07, 6.45) is 2.05. The van der Waals surface area contributed by atoms with Crippen LogP contribution in [-0.4, -0.2) is 6.61 Å². The Balaban J connectivity index is 1.83. The van der Waals surface area contributed by atoms with Crippen LogP contribution in [0, 0.1) is 0 Å². The second-order valence-electron chi connectivity index (χ2n) is 8.16. The van der Waals surface area contributed by atoms with Crippen LogP contribution in [0.1, 0.15) is 23.3 Å². The van der Waals surface area contributed by atoms with E-state index in [4.69, 9.17) is 10.5 Å². The molecule has 1 aliphatic rings. The van der Waals surface area contributed by atoms with E-state index in [2.05, 4.69) is 109 Å². The van der Waals surface area contributed by atoms with Crippen molar-refractivity contribution in [3.05, 3.63) is 120 Å². The van der Waals surface area contributed by atoms with Gasteiger partial charge in [-0.25, -0.2) is 0 Å². The van der Waals surface area contributed by atoms with Gasteiger partial charge in [-0.15, -0.1) is 0 Å². The maximum atomic E-state index is 7.40. The molecule has 2 N–H and O–H groups in total. The summed E-state index contributed by atoms with van der Waals surface area (Å²) >= 11 is 0. The summed E-state index contributed by atoms with van der Waals surface area (Å²) in [4.78, 5) is 0. The number of benzene rings is 4. The fraction of sp³-hybridized carbons (Fsp3) is 0.143. The molecular weight excluding hydrogens is 397 g/mol. The Kier molecular flexibility index (Phi) is 5.59. The molecule has 4 aromatic rings. The van der Waals surface area contributed by atoms with Gasteiger partial charge in [0.1, 0.15) is 0 Å². The summed E-state index contributed by atoms with van der Waals surface area (Å²) in [6.45, 7) is 0.782. The summed E-state index contributed by atoms with van der Waals surface area (Å²) in [5.74, 6) is 0.854. The first kappa shape index (κ1) is 20.0. The first-order valence-corrected chi connectivity index (χ1v) is 13.1. The zero-order chi connectivity index (χ0) is 21.1. The van der Waals surface area contributed by atoms with Crippen LogP contribution < -0.4 is 26.4 Å².